The Morgan fingerprint density at radius 2 is 1.89 bits per heavy atom. The number of alkyl halides is 4. The largest absolute Gasteiger partial charge is 0.494 e. The number of benzene rings is 1. The Labute approximate surface area is 252 Å². The number of pyridine rings is 1. The van der Waals surface area contributed by atoms with E-state index in [0.29, 0.717) is 55.0 Å². The van der Waals surface area contributed by atoms with Gasteiger partial charge in [-0.3, -0.25) is 14.5 Å². The second-order valence-electron chi connectivity index (χ2n) is 10.1. The molecular weight excluding hydrogens is 598 g/mol. The van der Waals surface area contributed by atoms with Crippen molar-refractivity contribution in [2.24, 2.45) is 11.7 Å². The van der Waals surface area contributed by atoms with Gasteiger partial charge in [-0.2, -0.15) is 5.10 Å². The molecule has 2 saturated carbocycles. The monoisotopic (exact) mass is 621 g/mol. The van der Waals surface area contributed by atoms with Gasteiger partial charge in [-0.05, 0) is 42.5 Å². The van der Waals surface area contributed by atoms with Crippen molar-refractivity contribution in [2.45, 2.75) is 37.7 Å². The fourth-order valence-electron chi connectivity index (χ4n) is 4.52. The summed E-state index contributed by atoms with van der Waals surface area (Å²) in [5.41, 5.74) is 7.33. The normalized spacial score (nSPS) is 16.5. The Kier molecular flexibility index (Phi) is 7.73. The van der Waals surface area contributed by atoms with E-state index in [1.807, 2.05) is 0 Å². The minimum Gasteiger partial charge on any atom is -0.494 e. The first-order valence-corrected chi connectivity index (χ1v) is 14.2. The highest BCUT2D eigenvalue weighted by molar-refractivity contribution is 7.21. The van der Waals surface area contributed by atoms with Gasteiger partial charge in [-0.15, -0.1) is 0 Å². The number of hydrogen-bond acceptors (Lipinski definition) is 8. The first-order valence-electron chi connectivity index (χ1n) is 13.4. The Morgan fingerprint density at radius 3 is 2.57 bits per heavy atom. The predicted molar refractivity (Wildman–Crippen MR) is 155 cm³/mol. The summed E-state index contributed by atoms with van der Waals surface area (Å²) < 4.78 is 61.4. The fourth-order valence-corrected chi connectivity index (χ4v) is 5.41. The van der Waals surface area contributed by atoms with Crippen LogP contribution in [0, 0.1) is 17.8 Å². The van der Waals surface area contributed by atoms with Crippen molar-refractivity contribution in [3.05, 3.63) is 60.3 Å². The summed E-state index contributed by atoms with van der Waals surface area (Å²) in [5.74, 6) is 4.15. The molecule has 1 atom stereocenters. The third-order valence-corrected chi connectivity index (χ3v) is 7.98. The molecule has 0 spiro atoms. The van der Waals surface area contributed by atoms with Gasteiger partial charge in [0.15, 0.2) is 10.5 Å². The minimum absolute atomic E-state index is 0.250. The van der Waals surface area contributed by atoms with Crippen LogP contribution in [0.3, 0.4) is 0 Å². The van der Waals surface area contributed by atoms with E-state index in [2.05, 4.69) is 37.6 Å². The number of thiazole rings is 1. The van der Waals surface area contributed by atoms with Crippen molar-refractivity contribution in [1.29, 1.82) is 0 Å². The van der Waals surface area contributed by atoms with Crippen LogP contribution in [0.15, 0.2) is 48.9 Å². The number of carbonyl (C=O) groups excluding carboxylic acids is 1. The molecule has 44 heavy (non-hydrogen) atoms. The molecule has 0 saturated heterocycles. The maximum atomic E-state index is 13.7. The average molecular weight is 622 g/mol. The van der Waals surface area contributed by atoms with Gasteiger partial charge in [0.25, 0.3) is 12.3 Å². The van der Waals surface area contributed by atoms with Crippen LogP contribution in [0.2, 0.25) is 0 Å². The van der Waals surface area contributed by atoms with Gasteiger partial charge >= 0.3 is 0 Å². The topological polar surface area (TPSA) is 122 Å². The lowest BCUT2D eigenvalue weighted by atomic mass is 9.96. The summed E-state index contributed by atoms with van der Waals surface area (Å²) in [4.78, 5) is 26.8. The molecule has 2 N–H and O–H groups in total. The lowest BCUT2D eigenvalue weighted by molar-refractivity contribution is -0.106. The number of nitrogens with two attached hydrogens (primary N) is 1. The highest BCUT2D eigenvalue weighted by Gasteiger charge is 2.59. The van der Waals surface area contributed by atoms with Gasteiger partial charge in [-0.25, -0.2) is 32.5 Å². The number of ether oxygens (including phenoxy) is 1. The molecule has 0 aliphatic heterocycles. The zero-order valence-electron chi connectivity index (χ0n) is 23.0. The number of halogens is 4. The molecule has 14 heteroatoms. The lowest BCUT2D eigenvalue weighted by Crippen LogP contribution is -2.02. The second-order valence-corrected chi connectivity index (χ2v) is 11.1. The van der Waals surface area contributed by atoms with Crippen molar-refractivity contribution in [3.63, 3.8) is 0 Å². The molecule has 1 aromatic carbocycles. The third-order valence-electron chi connectivity index (χ3n) is 6.99. The Morgan fingerprint density at radius 1 is 1.11 bits per heavy atom. The van der Waals surface area contributed by atoms with Crippen LogP contribution in [0.5, 0.6) is 5.75 Å². The zero-order chi connectivity index (χ0) is 31.0. The Balaban J connectivity index is 0.00000110. The molecule has 2 aliphatic rings. The molecule has 4 heterocycles. The van der Waals surface area contributed by atoms with Crippen LogP contribution in [-0.2, 0) is 4.79 Å². The molecule has 7 rings (SSSR count). The number of carbonyl (C=O) groups is 1. The first kappa shape index (κ1) is 29.2. The van der Waals surface area contributed by atoms with Crippen molar-refractivity contribution < 1.29 is 27.1 Å². The standard InChI is InChI=1S/C29H20F4N6OS.CH3NO/c1-40-23-14-34-22(25(30)31)11-20(23)19-10-16(21-8-9-39(38-21)24-12-29(24,32)33)5-7-18(19)27-37-26-28(41-27)35-13-17(36-26)6-4-15-2-3-15;2-1-3/h5,7-11,13-15,24-25H,2-3,12H2,1H3;1H,(H2,2,3). The van der Waals surface area contributed by atoms with Crippen LogP contribution in [0.4, 0.5) is 17.6 Å². The van der Waals surface area contributed by atoms with Crippen LogP contribution >= 0.6 is 11.3 Å². The number of amides is 1. The maximum Gasteiger partial charge on any atom is 0.280 e. The Hall–Kier alpha value is -4.90. The van der Waals surface area contributed by atoms with Gasteiger partial charge in [0.2, 0.25) is 6.41 Å². The van der Waals surface area contributed by atoms with E-state index in [9.17, 15) is 17.6 Å². The van der Waals surface area contributed by atoms with E-state index in [1.165, 1.54) is 41.6 Å². The molecule has 224 valence electrons. The molecule has 1 amide bonds. The summed E-state index contributed by atoms with van der Waals surface area (Å²) in [7, 11) is 1.43. The summed E-state index contributed by atoms with van der Waals surface area (Å²) in [5, 5.41) is 4.93. The Bertz CT molecular complexity index is 1930. The summed E-state index contributed by atoms with van der Waals surface area (Å²) in [6.07, 6.45) is 3.78. The molecule has 0 radical (unpaired) electrons. The van der Waals surface area contributed by atoms with Crippen molar-refractivity contribution in [3.8, 4) is 50.5 Å². The number of primary amides is 1. The van der Waals surface area contributed by atoms with Gasteiger partial charge in [-0.1, -0.05) is 29.4 Å². The van der Waals surface area contributed by atoms with Gasteiger partial charge in [0.1, 0.15) is 28.2 Å². The molecule has 1 unspecified atom stereocenters. The highest BCUT2D eigenvalue weighted by Crippen LogP contribution is 2.52. The van der Waals surface area contributed by atoms with Crippen LogP contribution in [0.25, 0.3) is 43.4 Å². The number of methoxy groups -OCH3 is 1. The average Bonchev–Trinajstić information content (AvgIpc) is 3.83. The van der Waals surface area contributed by atoms with E-state index >= 15 is 0 Å². The van der Waals surface area contributed by atoms with Crippen LogP contribution < -0.4 is 10.5 Å². The predicted octanol–water partition coefficient (Wildman–Crippen LogP) is 6.07. The minimum atomic E-state index is -2.80. The molecule has 4 aromatic heterocycles. The molecule has 2 fully saturated rings. The molecule has 5 aromatic rings. The molecular formula is C30H23F4N7O2S. The highest BCUT2D eigenvalue weighted by atomic mass is 32.1. The van der Waals surface area contributed by atoms with Gasteiger partial charge in [0.05, 0.1) is 25.2 Å². The van der Waals surface area contributed by atoms with E-state index in [4.69, 9.17) is 14.5 Å². The van der Waals surface area contributed by atoms with E-state index in [-0.39, 0.29) is 18.6 Å². The summed E-state index contributed by atoms with van der Waals surface area (Å²) in [6, 6.07) is 7.31. The van der Waals surface area contributed by atoms with Crippen LogP contribution in [-0.4, -0.2) is 49.2 Å². The summed E-state index contributed by atoms with van der Waals surface area (Å²) in [6.45, 7) is 0. The number of nitrogens with zero attached hydrogens (tertiary/aromatic N) is 6. The van der Waals surface area contributed by atoms with Crippen molar-refractivity contribution in [1.82, 2.24) is 29.7 Å². The summed E-state index contributed by atoms with van der Waals surface area (Å²) >= 11 is 1.31. The van der Waals surface area contributed by atoms with E-state index < -0.39 is 24.1 Å². The van der Waals surface area contributed by atoms with Gasteiger partial charge < -0.3 is 10.5 Å². The second kappa shape index (κ2) is 11.6. The molecule has 2 aliphatic carbocycles. The number of fused-ring (bicyclic) bond motifs is 1. The first-order chi connectivity index (χ1) is 21.2. The van der Waals surface area contributed by atoms with E-state index in [0.717, 1.165) is 12.8 Å². The quantitative estimate of drug-likeness (QED) is 0.139. The van der Waals surface area contributed by atoms with Gasteiger partial charge in [0, 0.05) is 35.2 Å². The lowest BCUT2D eigenvalue weighted by Gasteiger charge is -2.14. The fraction of sp³-hybridized carbons (Fsp3) is 0.267. The number of aromatic nitrogens is 6. The SMILES string of the molecule is COc1cnc(C(F)F)cc1-c1cc(-c2ccn(C3CC3(F)F)n2)ccc1-c1nc2nc(C#CC3CC3)cnc2s1.NC=O. The number of hydrogen-bond donors (Lipinski definition) is 1. The van der Waals surface area contributed by atoms with Crippen molar-refractivity contribution in [2.75, 3.05) is 7.11 Å². The third kappa shape index (κ3) is 5.96. The molecule has 9 nitrogen and oxygen atoms in total. The van der Waals surface area contributed by atoms with Crippen molar-refractivity contribution >= 4 is 28.2 Å². The smallest absolute Gasteiger partial charge is 0.280 e. The van der Waals surface area contributed by atoms with E-state index in [1.54, 1.807) is 30.5 Å². The van der Waals surface area contributed by atoms with Crippen LogP contribution in [0.1, 0.15) is 43.1 Å². The number of rotatable bonds is 6. The molecule has 0 bridgehead atoms. The maximum absolute atomic E-state index is 13.7. The zero-order valence-corrected chi connectivity index (χ0v) is 23.9.